The molecule has 6 nitrogen and oxygen atoms in total. The fourth-order valence-electron chi connectivity index (χ4n) is 1.33. The summed E-state index contributed by atoms with van der Waals surface area (Å²) in [7, 11) is -4.23. The van der Waals surface area contributed by atoms with Crippen LogP contribution in [0.25, 0.3) is 0 Å². The summed E-state index contributed by atoms with van der Waals surface area (Å²) < 4.78 is 31.0. The maximum absolute atomic E-state index is 11.1. The Morgan fingerprint density at radius 1 is 0.941 bits per heavy atom. The van der Waals surface area contributed by atoms with Gasteiger partial charge in [0.2, 0.25) is 0 Å². The third-order valence-corrected chi connectivity index (χ3v) is 3.03. The predicted molar refractivity (Wildman–Crippen MR) is 56.9 cm³/mol. The van der Waals surface area contributed by atoms with Gasteiger partial charge in [-0.2, -0.15) is 0 Å². The van der Waals surface area contributed by atoms with Crippen LogP contribution in [0.1, 0.15) is 0 Å². The third kappa shape index (κ3) is 3.71. The van der Waals surface area contributed by atoms with Crippen LogP contribution >= 0.6 is 7.82 Å². The molecule has 1 aliphatic heterocycles. The quantitative estimate of drug-likeness (QED) is 0.646. The van der Waals surface area contributed by atoms with Crippen molar-refractivity contribution in [3.05, 3.63) is 24.3 Å². The van der Waals surface area contributed by atoms with Crippen molar-refractivity contribution in [2.24, 2.45) is 0 Å². The summed E-state index contributed by atoms with van der Waals surface area (Å²) in [5, 5.41) is 0. The van der Waals surface area contributed by atoms with E-state index in [1.54, 1.807) is 24.3 Å². The number of fused-ring (bicyclic) bond motifs is 1. The van der Waals surface area contributed by atoms with Gasteiger partial charge in [0.15, 0.2) is 11.5 Å². The Morgan fingerprint density at radius 3 is 1.88 bits per heavy atom. The molecule has 1 aromatic rings. The predicted octanol–water partition coefficient (Wildman–Crippen LogP) is 0.959. The van der Waals surface area contributed by atoms with E-state index < -0.39 is 7.82 Å². The topological polar surface area (TPSA) is 77.1 Å². The molecule has 0 radical (unpaired) electrons. The van der Waals surface area contributed by atoms with E-state index in [2.05, 4.69) is 9.05 Å². The number of para-hydroxylation sites is 2. The van der Waals surface area contributed by atoms with Crippen molar-refractivity contribution in [3.63, 3.8) is 0 Å². The van der Waals surface area contributed by atoms with Crippen LogP contribution in [0.3, 0.4) is 0 Å². The van der Waals surface area contributed by atoms with Crippen molar-refractivity contribution < 1.29 is 28.0 Å². The first kappa shape index (κ1) is 12.4. The minimum atomic E-state index is -4.23. The first-order chi connectivity index (χ1) is 8.17. The lowest BCUT2D eigenvalue weighted by molar-refractivity contribution is -0.226. The average Bonchev–Trinajstić information content (AvgIpc) is 2.34. The van der Waals surface area contributed by atoms with Crippen molar-refractivity contribution in [1.82, 2.24) is 0 Å². The molecule has 7 heteroatoms. The van der Waals surface area contributed by atoms with Gasteiger partial charge >= 0.3 is 0 Å². The van der Waals surface area contributed by atoms with Gasteiger partial charge in [0, 0.05) is 0 Å². The number of rotatable bonds is 0. The van der Waals surface area contributed by atoms with Gasteiger partial charge in [0.05, 0.1) is 13.2 Å². The van der Waals surface area contributed by atoms with Gasteiger partial charge in [-0.05, 0) is 12.1 Å². The number of benzene rings is 1. The fraction of sp³-hybridized carbons (Fsp3) is 0.400. The van der Waals surface area contributed by atoms with Crippen molar-refractivity contribution in [1.29, 1.82) is 0 Å². The average molecular weight is 259 g/mol. The summed E-state index contributed by atoms with van der Waals surface area (Å²) in [6, 6.07) is 7.09. The molecule has 2 rings (SSSR count). The van der Waals surface area contributed by atoms with Crippen LogP contribution in [-0.4, -0.2) is 26.4 Å². The number of phosphoric ester groups is 1. The molecule has 1 heterocycles. The molecule has 0 bridgehead atoms. The van der Waals surface area contributed by atoms with Crippen molar-refractivity contribution >= 4 is 7.82 Å². The first-order valence-corrected chi connectivity index (χ1v) is 6.58. The van der Waals surface area contributed by atoms with E-state index in [9.17, 15) is 9.46 Å². The maximum Gasteiger partial charge on any atom is 0.268 e. The largest absolute Gasteiger partial charge is 0.756 e. The summed E-state index contributed by atoms with van der Waals surface area (Å²) >= 11 is 0. The molecule has 1 aromatic carbocycles. The van der Waals surface area contributed by atoms with Crippen LogP contribution < -0.4 is 14.4 Å². The van der Waals surface area contributed by atoms with E-state index in [-0.39, 0.29) is 26.4 Å². The van der Waals surface area contributed by atoms with E-state index in [1.807, 2.05) is 0 Å². The number of hydrogen-bond donors (Lipinski definition) is 0. The Bertz CT molecular complexity index is 386. The van der Waals surface area contributed by atoms with Crippen LogP contribution in [0, 0.1) is 0 Å². The molecule has 0 spiro atoms. The van der Waals surface area contributed by atoms with Gasteiger partial charge in [-0.1, -0.05) is 12.1 Å². The molecule has 0 fully saturated rings. The van der Waals surface area contributed by atoms with Gasteiger partial charge in [-0.25, -0.2) is 0 Å². The lowest BCUT2D eigenvalue weighted by Gasteiger charge is -2.21. The van der Waals surface area contributed by atoms with E-state index in [0.29, 0.717) is 11.5 Å². The minimum absolute atomic E-state index is 0.0882. The summed E-state index contributed by atoms with van der Waals surface area (Å²) in [4.78, 5) is 11.1. The molecule has 0 saturated heterocycles. The second-order valence-electron chi connectivity index (χ2n) is 3.26. The van der Waals surface area contributed by atoms with E-state index in [1.165, 1.54) is 0 Å². The van der Waals surface area contributed by atoms with Crippen LogP contribution in [0.2, 0.25) is 0 Å². The van der Waals surface area contributed by atoms with E-state index in [4.69, 9.17) is 9.47 Å². The van der Waals surface area contributed by atoms with Gasteiger partial charge in [-0.3, -0.25) is 4.57 Å². The Balaban J connectivity index is 2.08. The van der Waals surface area contributed by atoms with Gasteiger partial charge < -0.3 is 23.4 Å². The van der Waals surface area contributed by atoms with Crippen LogP contribution in [0.5, 0.6) is 11.5 Å². The molecule has 17 heavy (non-hydrogen) atoms. The minimum Gasteiger partial charge on any atom is -0.756 e. The molecule has 0 amide bonds. The van der Waals surface area contributed by atoms with Crippen LogP contribution in [0.4, 0.5) is 0 Å². The molecule has 1 aliphatic rings. The molecule has 0 aliphatic carbocycles. The van der Waals surface area contributed by atoms with Crippen molar-refractivity contribution in [2.75, 3.05) is 26.4 Å². The van der Waals surface area contributed by atoms with E-state index >= 15 is 0 Å². The van der Waals surface area contributed by atoms with Gasteiger partial charge in [-0.15, -0.1) is 0 Å². The molecule has 0 aromatic heterocycles. The monoisotopic (exact) mass is 259 g/mol. The SMILES string of the molecule is O=P1([O-])OCCOc2ccccc2OCCO1. The maximum atomic E-state index is 11.1. The molecule has 0 saturated carbocycles. The molecular formula is C10H12O6P-. The van der Waals surface area contributed by atoms with Gasteiger partial charge in [0.1, 0.15) is 13.2 Å². The second kappa shape index (κ2) is 5.51. The highest BCUT2D eigenvalue weighted by atomic mass is 31.2. The third-order valence-electron chi connectivity index (χ3n) is 2.03. The molecule has 0 N–H and O–H groups in total. The Labute approximate surface area is 98.7 Å². The van der Waals surface area contributed by atoms with Crippen LogP contribution in [-0.2, 0) is 13.6 Å². The van der Waals surface area contributed by atoms with Crippen molar-refractivity contribution in [2.45, 2.75) is 0 Å². The smallest absolute Gasteiger partial charge is 0.268 e. The summed E-state index contributed by atoms with van der Waals surface area (Å²) in [5.74, 6) is 1.11. The highest BCUT2D eigenvalue weighted by Crippen LogP contribution is 2.38. The van der Waals surface area contributed by atoms with Crippen LogP contribution in [0.15, 0.2) is 24.3 Å². The molecule has 0 unspecified atom stereocenters. The zero-order valence-electron chi connectivity index (χ0n) is 9.03. The highest BCUT2D eigenvalue weighted by molar-refractivity contribution is 7.45. The number of ether oxygens (including phenoxy) is 2. The lowest BCUT2D eigenvalue weighted by Crippen LogP contribution is -2.14. The number of hydrogen-bond acceptors (Lipinski definition) is 6. The van der Waals surface area contributed by atoms with E-state index in [0.717, 1.165) is 0 Å². The zero-order chi connectivity index (χ0) is 12.1. The fourth-order valence-corrected chi connectivity index (χ4v) is 2.00. The summed E-state index contributed by atoms with van der Waals surface area (Å²) in [5.41, 5.74) is 0. The normalized spacial score (nSPS) is 20.3. The zero-order valence-corrected chi connectivity index (χ0v) is 9.93. The Kier molecular flexibility index (Phi) is 4.02. The second-order valence-corrected chi connectivity index (χ2v) is 4.67. The Morgan fingerprint density at radius 2 is 1.41 bits per heavy atom. The summed E-state index contributed by atoms with van der Waals surface area (Å²) in [6.45, 7) is 0.0378. The molecule has 0 atom stereocenters. The Hall–Kier alpha value is -1.07. The lowest BCUT2D eigenvalue weighted by atomic mass is 10.3. The molecular weight excluding hydrogens is 247 g/mol. The first-order valence-electron chi connectivity index (χ1n) is 5.12. The number of phosphoric acid groups is 1. The summed E-state index contributed by atoms with van der Waals surface area (Å²) in [6.07, 6.45) is 0. The van der Waals surface area contributed by atoms with Crippen molar-refractivity contribution in [3.8, 4) is 11.5 Å². The molecule has 94 valence electrons. The highest BCUT2D eigenvalue weighted by Gasteiger charge is 2.12. The standard InChI is InChI=1S/C10H13O6P/c11-17(12)15-7-5-13-9-3-1-2-4-10(9)14-6-8-16-17/h1-4H,5-8H2,(H,11,12)/p-1. The van der Waals surface area contributed by atoms with Gasteiger partial charge in [0.25, 0.3) is 7.82 Å².